The Labute approximate surface area is 139 Å². The molecule has 0 aliphatic carbocycles. The first-order valence-electron chi connectivity index (χ1n) is 6.47. The van der Waals surface area contributed by atoms with Gasteiger partial charge in [-0.25, -0.2) is 9.89 Å². The van der Waals surface area contributed by atoms with E-state index in [4.69, 9.17) is 23.1 Å². The smallest absolute Gasteiger partial charge is 0.357 e. The van der Waals surface area contributed by atoms with Gasteiger partial charge in [0.25, 0.3) is 5.96 Å². The van der Waals surface area contributed by atoms with Gasteiger partial charge in [-0.05, 0) is 24.3 Å². The molecule has 5 nitrogen and oxygen atoms in total. The minimum atomic E-state index is -0.311. The molecule has 2 aromatic rings. The quantitative estimate of drug-likeness (QED) is 0.611. The summed E-state index contributed by atoms with van der Waals surface area (Å²) < 4.78 is 1.88. The highest BCUT2D eigenvalue weighted by atomic mass is 35.5. The highest BCUT2D eigenvalue weighted by molar-refractivity contribution is 6.30. The zero-order chi connectivity index (χ0) is 14.8. The van der Waals surface area contributed by atoms with Crippen LogP contribution in [-0.2, 0) is 0 Å². The van der Waals surface area contributed by atoms with Gasteiger partial charge in [-0.2, -0.15) is 4.99 Å². The summed E-state index contributed by atoms with van der Waals surface area (Å²) in [5.74, 6) is 0.727. The van der Waals surface area contributed by atoms with Crippen molar-refractivity contribution in [2.75, 3.05) is 0 Å². The van der Waals surface area contributed by atoms with Crippen LogP contribution in [-0.4, -0.2) is 16.5 Å². The van der Waals surface area contributed by atoms with Gasteiger partial charge in [0.2, 0.25) is 6.17 Å². The largest absolute Gasteiger partial charge is 1.00 e. The Morgan fingerprint density at radius 1 is 1.00 bits per heavy atom. The third-order valence-electron chi connectivity index (χ3n) is 3.22. The second kappa shape index (κ2) is 6.68. The van der Waals surface area contributed by atoms with Crippen molar-refractivity contribution in [1.82, 2.24) is 5.32 Å². The van der Waals surface area contributed by atoms with Gasteiger partial charge in [0.15, 0.2) is 0 Å². The first kappa shape index (κ1) is 16.1. The lowest BCUT2D eigenvalue weighted by molar-refractivity contribution is -0.494. The predicted molar refractivity (Wildman–Crippen MR) is 84.5 cm³/mol. The molecule has 1 atom stereocenters. The summed E-state index contributed by atoms with van der Waals surface area (Å²) in [4.78, 5) is 4.46. The summed E-state index contributed by atoms with van der Waals surface area (Å²) in [6.45, 7) is 0. The maximum absolute atomic E-state index is 6.10. The Bertz CT molecular complexity index is 710. The van der Waals surface area contributed by atoms with Gasteiger partial charge in [0, 0.05) is 10.6 Å². The van der Waals surface area contributed by atoms with Crippen molar-refractivity contribution in [2.24, 2.45) is 16.5 Å². The SMILES string of the molecule is NC1=NC(c2ccccc2)[N+](c2ccc(Cl)cc2)=C(N)N1.[Cl-]. The van der Waals surface area contributed by atoms with Gasteiger partial charge < -0.3 is 18.1 Å². The van der Waals surface area contributed by atoms with Crippen LogP contribution in [0.15, 0.2) is 59.6 Å². The number of guanidine groups is 2. The first-order chi connectivity index (χ1) is 10.1. The highest BCUT2D eigenvalue weighted by Gasteiger charge is 2.28. The first-order valence-corrected chi connectivity index (χ1v) is 6.85. The molecular formula is C15H15Cl2N5. The van der Waals surface area contributed by atoms with Crippen molar-refractivity contribution in [2.45, 2.75) is 6.17 Å². The van der Waals surface area contributed by atoms with Gasteiger partial charge in [0.05, 0.1) is 0 Å². The summed E-state index contributed by atoms with van der Waals surface area (Å²) in [6.07, 6.45) is -0.311. The number of hydrogen-bond acceptors (Lipinski definition) is 4. The Morgan fingerprint density at radius 2 is 1.64 bits per heavy atom. The van der Waals surface area contributed by atoms with E-state index in [0.29, 0.717) is 16.9 Å². The Kier molecular flexibility index (Phi) is 4.90. The molecule has 3 rings (SSSR count). The second-order valence-electron chi connectivity index (χ2n) is 4.66. The van der Waals surface area contributed by atoms with Crippen LogP contribution < -0.4 is 29.2 Å². The lowest BCUT2D eigenvalue weighted by Crippen LogP contribution is -3.00. The van der Waals surface area contributed by atoms with E-state index in [-0.39, 0.29) is 18.6 Å². The second-order valence-corrected chi connectivity index (χ2v) is 5.09. The van der Waals surface area contributed by atoms with Crippen LogP contribution in [0.5, 0.6) is 0 Å². The molecule has 114 valence electrons. The van der Waals surface area contributed by atoms with E-state index in [1.807, 2.05) is 59.2 Å². The topological polar surface area (TPSA) is 79.4 Å². The molecule has 0 saturated carbocycles. The zero-order valence-corrected chi connectivity index (χ0v) is 13.1. The maximum Gasteiger partial charge on any atom is 0.357 e. The van der Waals surface area contributed by atoms with E-state index < -0.39 is 0 Å². The molecule has 0 amide bonds. The summed E-state index contributed by atoms with van der Waals surface area (Å²) >= 11 is 5.94. The average molecular weight is 336 g/mol. The maximum atomic E-state index is 6.10. The van der Waals surface area contributed by atoms with Gasteiger partial charge in [0.1, 0.15) is 5.69 Å². The van der Waals surface area contributed by atoms with Crippen LogP contribution >= 0.6 is 11.6 Å². The van der Waals surface area contributed by atoms with E-state index in [9.17, 15) is 0 Å². The summed E-state index contributed by atoms with van der Waals surface area (Å²) in [7, 11) is 0. The van der Waals surface area contributed by atoms with E-state index >= 15 is 0 Å². The van der Waals surface area contributed by atoms with Crippen molar-refractivity contribution in [1.29, 1.82) is 0 Å². The normalized spacial score (nSPS) is 17.3. The van der Waals surface area contributed by atoms with Crippen molar-refractivity contribution in [3.8, 4) is 0 Å². The third-order valence-corrected chi connectivity index (χ3v) is 3.48. The Morgan fingerprint density at radius 3 is 2.27 bits per heavy atom. The minimum Gasteiger partial charge on any atom is -1.00 e. The fraction of sp³-hybridized carbons (Fsp3) is 0.0667. The molecule has 1 unspecified atom stereocenters. The minimum absolute atomic E-state index is 0. The number of nitrogens with two attached hydrogens (primary N) is 2. The molecule has 7 heteroatoms. The third kappa shape index (κ3) is 3.16. The molecule has 22 heavy (non-hydrogen) atoms. The van der Waals surface area contributed by atoms with E-state index in [1.165, 1.54) is 0 Å². The monoisotopic (exact) mass is 335 g/mol. The molecule has 0 spiro atoms. The fourth-order valence-corrected chi connectivity index (χ4v) is 2.40. The van der Waals surface area contributed by atoms with Gasteiger partial charge in [-0.3, -0.25) is 5.73 Å². The fourth-order valence-electron chi connectivity index (χ4n) is 2.28. The number of nitrogens with zero attached hydrogens (tertiary/aromatic N) is 2. The number of benzene rings is 2. The van der Waals surface area contributed by atoms with Crippen LogP contribution in [0.4, 0.5) is 5.69 Å². The van der Waals surface area contributed by atoms with Crippen LogP contribution in [0.3, 0.4) is 0 Å². The van der Waals surface area contributed by atoms with Crippen molar-refractivity contribution in [3.05, 3.63) is 65.2 Å². The number of rotatable bonds is 2. The van der Waals surface area contributed by atoms with Gasteiger partial charge >= 0.3 is 5.96 Å². The lowest BCUT2D eigenvalue weighted by atomic mass is 10.1. The van der Waals surface area contributed by atoms with E-state index in [2.05, 4.69) is 10.3 Å². The Balaban J connectivity index is 0.00000176. The van der Waals surface area contributed by atoms with Crippen LogP contribution in [0.2, 0.25) is 5.02 Å². The summed E-state index contributed by atoms with van der Waals surface area (Å²) in [5.41, 5.74) is 13.8. The standard InChI is InChI=1S/C15H14ClN5.ClH/c16-11-6-8-12(9-7-11)21-13(10-4-2-1-3-5-10)19-14(17)20-15(21)18;/h1-9,13H,(H4,17,18,19,20);1H. The number of nitrogens with one attached hydrogen (secondary N) is 1. The number of aliphatic imine (C=N–C) groups is 1. The average Bonchev–Trinajstić information content (AvgIpc) is 2.49. The molecule has 1 aliphatic heterocycles. The molecule has 0 saturated heterocycles. The van der Waals surface area contributed by atoms with Crippen LogP contribution in [0, 0.1) is 0 Å². The molecule has 0 radical (unpaired) electrons. The molecule has 0 aromatic heterocycles. The highest BCUT2D eigenvalue weighted by Crippen LogP contribution is 2.28. The predicted octanol–water partition coefficient (Wildman–Crippen LogP) is -1.08. The molecule has 0 bridgehead atoms. The lowest BCUT2D eigenvalue weighted by Gasteiger charge is -2.22. The molecule has 5 N–H and O–H groups in total. The molecular weight excluding hydrogens is 321 g/mol. The van der Waals surface area contributed by atoms with Crippen LogP contribution in [0.25, 0.3) is 0 Å². The van der Waals surface area contributed by atoms with Crippen molar-refractivity contribution < 1.29 is 17.0 Å². The van der Waals surface area contributed by atoms with Gasteiger partial charge in [-0.15, -0.1) is 0 Å². The molecule has 1 aliphatic rings. The van der Waals surface area contributed by atoms with Crippen molar-refractivity contribution in [3.63, 3.8) is 0 Å². The Hall–Kier alpha value is -2.24. The number of halogens is 2. The molecule has 0 fully saturated rings. The van der Waals surface area contributed by atoms with Crippen molar-refractivity contribution >= 4 is 29.2 Å². The summed E-state index contributed by atoms with van der Waals surface area (Å²) in [5, 5.41) is 3.53. The van der Waals surface area contributed by atoms with Gasteiger partial charge in [-0.1, -0.05) is 41.9 Å². The molecule has 1 heterocycles. The number of hydrogen-bond donors (Lipinski definition) is 3. The van der Waals surface area contributed by atoms with E-state index in [1.54, 1.807) is 0 Å². The zero-order valence-electron chi connectivity index (χ0n) is 11.6. The summed E-state index contributed by atoms with van der Waals surface area (Å²) in [6, 6.07) is 17.3. The van der Waals surface area contributed by atoms with Crippen LogP contribution in [0.1, 0.15) is 11.7 Å². The van der Waals surface area contributed by atoms with E-state index in [0.717, 1.165) is 11.3 Å². The molecule has 2 aromatic carbocycles.